The van der Waals surface area contributed by atoms with E-state index >= 15 is 0 Å². The summed E-state index contributed by atoms with van der Waals surface area (Å²) in [5.41, 5.74) is -0.898. The van der Waals surface area contributed by atoms with Gasteiger partial charge in [-0.1, -0.05) is 20.8 Å². The van der Waals surface area contributed by atoms with Crippen molar-refractivity contribution in [3.63, 3.8) is 0 Å². The fourth-order valence-electron chi connectivity index (χ4n) is 4.83. The summed E-state index contributed by atoms with van der Waals surface area (Å²) in [6, 6.07) is 0. The van der Waals surface area contributed by atoms with Crippen molar-refractivity contribution in [1.29, 1.82) is 0 Å². The molecule has 0 saturated heterocycles. The van der Waals surface area contributed by atoms with Crippen molar-refractivity contribution < 1.29 is 14.6 Å². The molecule has 0 spiro atoms. The van der Waals surface area contributed by atoms with E-state index < -0.39 is 5.60 Å². The molecule has 1 N–H and O–H groups in total. The molecule has 4 saturated carbocycles. The molecule has 0 aromatic carbocycles. The van der Waals surface area contributed by atoms with Gasteiger partial charge in [0.25, 0.3) is 0 Å². The Balaban J connectivity index is 1.75. The lowest BCUT2D eigenvalue weighted by Crippen LogP contribution is -2.60. The van der Waals surface area contributed by atoms with Crippen LogP contribution < -0.4 is 0 Å². The number of rotatable bonds is 3. The zero-order valence-corrected chi connectivity index (χ0v) is 12.3. The molecular weight excluding hydrogens is 240 g/mol. The summed E-state index contributed by atoms with van der Waals surface area (Å²) >= 11 is 0. The van der Waals surface area contributed by atoms with E-state index in [1.165, 1.54) is 6.42 Å². The fraction of sp³-hybridized carbons (Fsp3) is 0.938. The Bertz CT molecular complexity index is 373. The van der Waals surface area contributed by atoms with Gasteiger partial charge < -0.3 is 9.84 Å². The first kappa shape index (κ1) is 13.4. The minimum Gasteiger partial charge on any atom is -0.459 e. The lowest BCUT2D eigenvalue weighted by molar-refractivity contribution is -0.222. The van der Waals surface area contributed by atoms with Crippen LogP contribution in [0.2, 0.25) is 0 Å². The van der Waals surface area contributed by atoms with Gasteiger partial charge in [-0.25, -0.2) is 0 Å². The second kappa shape index (κ2) is 4.21. The number of ether oxygens (including phenoxy) is 1. The van der Waals surface area contributed by atoms with Crippen molar-refractivity contribution in [3.05, 3.63) is 0 Å². The third-order valence-corrected chi connectivity index (χ3v) is 5.67. The average Bonchev–Trinajstić information content (AvgIpc) is 2.23. The average molecular weight is 266 g/mol. The molecule has 0 aliphatic heterocycles. The highest BCUT2D eigenvalue weighted by Crippen LogP contribution is 2.59. The number of esters is 1. The number of hydrogen-bond donors (Lipinski definition) is 1. The summed E-state index contributed by atoms with van der Waals surface area (Å²) < 4.78 is 5.94. The van der Waals surface area contributed by atoms with Crippen molar-refractivity contribution in [2.24, 2.45) is 23.7 Å². The first-order valence-corrected chi connectivity index (χ1v) is 7.76. The summed E-state index contributed by atoms with van der Waals surface area (Å²) in [4.78, 5) is 12.3. The molecule has 3 heteroatoms. The monoisotopic (exact) mass is 266 g/mol. The Labute approximate surface area is 115 Å². The van der Waals surface area contributed by atoms with Crippen LogP contribution in [0.1, 0.15) is 59.3 Å². The predicted octanol–water partition coefficient (Wildman–Crippen LogP) is 2.91. The molecule has 3 atom stereocenters. The Morgan fingerprint density at radius 3 is 2.21 bits per heavy atom. The first-order chi connectivity index (χ1) is 8.81. The van der Waals surface area contributed by atoms with E-state index in [9.17, 15) is 9.90 Å². The van der Waals surface area contributed by atoms with E-state index in [0.717, 1.165) is 25.7 Å². The highest BCUT2D eigenvalue weighted by molar-refractivity contribution is 5.72. The summed E-state index contributed by atoms with van der Waals surface area (Å²) in [5.74, 6) is 1.31. The van der Waals surface area contributed by atoms with Crippen molar-refractivity contribution in [1.82, 2.24) is 0 Å². The van der Waals surface area contributed by atoms with E-state index in [1.807, 2.05) is 6.92 Å². The molecule has 4 aliphatic rings. The Hall–Kier alpha value is -0.570. The fourth-order valence-corrected chi connectivity index (χ4v) is 4.83. The molecule has 4 bridgehead atoms. The molecule has 0 aromatic rings. The zero-order valence-electron chi connectivity index (χ0n) is 12.3. The van der Waals surface area contributed by atoms with Gasteiger partial charge >= 0.3 is 5.97 Å². The lowest BCUT2D eigenvalue weighted by atomic mass is 9.52. The largest absolute Gasteiger partial charge is 0.459 e. The third-order valence-electron chi connectivity index (χ3n) is 5.67. The molecule has 0 amide bonds. The van der Waals surface area contributed by atoms with Gasteiger partial charge in [0.15, 0.2) is 0 Å². The molecule has 4 aliphatic carbocycles. The molecule has 0 radical (unpaired) electrons. The van der Waals surface area contributed by atoms with Crippen LogP contribution in [-0.4, -0.2) is 22.3 Å². The second-order valence-electron chi connectivity index (χ2n) is 7.82. The number of aliphatic hydroxyl groups is 1. The molecule has 0 aromatic heterocycles. The maximum Gasteiger partial charge on any atom is 0.309 e. The van der Waals surface area contributed by atoms with Crippen molar-refractivity contribution in [2.45, 2.75) is 70.5 Å². The second-order valence-corrected chi connectivity index (χ2v) is 7.82. The van der Waals surface area contributed by atoms with Gasteiger partial charge in [0.1, 0.15) is 5.60 Å². The van der Waals surface area contributed by atoms with Gasteiger partial charge in [-0.05, 0) is 49.9 Å². The molecule has 0 heterocycles. The Morgan fingerprint density at radius 1 is 1.16 bits per heavy atom. The standard InChI is InChI=1S/C16H26O3/c1-10(2)11(3)14(17)19-16-7-12-4-13(8-16)6-15(18,5-12)9-16/h10-13,18H,4-9H2,1-3H3. The SMILES string of the molecule is CC(C)C(C)C(=O)OC12CC3CC(CC(O)(C3)C1)C2. The van der Waals surface area contributed by atoms with Gasteiger partial charge in [0, 0.05) is 6.42 Å². The summed E-state index contributed by atoms with van der Waals surface area (Å²) in [7, 11) is 0. The normalized spacial score (nSPS) is 45.5. The number of carbonyl (C=O) groups is 1. The third kappa shape index (κ3) is 2.31. The molecule has 3 nitrogen and oxygen atoms in total. The van der Waals surface area contributed by atoms with Crippen LogP contribution >= 0.6 is 0 Å². The van der Waals surface area contributed by atoms with Gasteiger partial charge in [-0.15, -0.1) is 0 Å². The van der Waals surface area contributed by atoms with E-state index in [-0.39, 0.29) is 17.5 Å². The van der Waals surface area contributed by atoms with Crippen LogP contribution in [0.15, 0.2) is 0 Å². The molecular formula is C16H26O3. The van der Waals surface area contributed by atoms with Crippen LogP contribution in [0.5, 0.6) is 0 Å². The maximum absolute atomic E-state index is 12.3. The molecule has 4 rings (SSSR count). The minimum atomic E-state index is -0.550. The highest BCUT2D eigenvalue weighted by atomic mass is 16.6. The van der Waals surface area contributed by atoms with Crippen molar-refractivity contribution >= 4 is 5.97 Å². The summed E-state index contributed by atoms with van der Waals surface area (Å²) in [6.45, 7) is 6.06. The van der Waals surface area contributed by atoms with E-state index in [4.69, 9.17) is 4.74 Å². The summed E-state index contributed by atoms with van der Waals surface area (Å²) in [5, 5.41) is 10.6. The van der Waals surface area contributed by atoms with Crippen molar-refractivity contribution in [3.8, 4) is 0 Å². The summed E-state index contributed by atoms with van der Waals surface area (Å²) in [6.07, 6.45) is 5.68. The highest BCUT2D eigenvalue weighted by Gasteiger charge is 2.59. The van der Waals surface area contributed by atoms with Crippen LogP contribution in [0.25, 0.3) is 0 Å². The van der Waals surface area contributed by atoms with E-state index in [2.05, 4.69) is 13.8 Å². The predicted molar refractivity (Wildman–Crippen MR) is 72.5 cm³/mol. The number of hydrogen-bond acceptors (Lipinski definition) is 3. The Kier molecular flexibility index (Phi) is 2.97. The molecule has 3 unspecified atom stereocenters. The van der Waals surface area contributed by atoms with Crippen LogP contribution in [0.3, 0.4) is 0 Å². The van der Waals surface area contributed by atoms with Crippen LogP contribution in [-0.2, 0) is 9.53 Å². The lowest BCUT2D eigenvalue weighted by Gasteiger charge is -2.59. The van der Waals surface area contributed by atoms with Gasteiger partial charge in [-0.2, -0.15) is 0 Å². The molecule has 108 valence electrons. The van der Waals surface area contributed by atoms with E-state index in [0.29, 0.717) is 24.2 Å². The van der Waals surface area contributed by atoms with E-state index in [1.54, 1.807) is 0 Å². The zero-order chi connectivity index (χ0) is 13.8. The topological polar surface area (TPSA) is 46.5 Å². The van der Waals surface area contributed by atoms with Crippen LogP contribution in [0.4, 0.5) is 0 Å². The van der Waals surface area contributed by atoms with Gasteiger partial charge in [-0.3, -0.25) is 4.79 Å². The van der Waals surface area contributed by atoms with Gasteiger partial charge in [0.05, 0.1) is 11.5 Å². The minimum absolute atomic E-state index is 0.0531. The molecule has 19 heavy (non-hydrogen) atoms. The Morgan fingerprint density at radius 2 is 1.74 bits per heavy atom. The van der Waals surface area contributed by atoms with Crippen LogP contribution in [0, 0.1) is 23.7 Å². The van der Waals surface area contributed by atoms with Crippen molar-refractivity contribution in [2.75, 3.05) is 0 Å². The number of carbonyl (C=O) groups excluding carboxylic acids is 1. The smallest absolute Gasteiger partial charge is 0.309 e. The molecule has 4 fully saturated rings. The maximum atomic E-state index is 12.3. The quantitative estimate of drug-likeness (QED) is 0.799. The van der Waals surface area contributed by atoms with Gasteiger partial charge in [0.2, 0.25) is 0 Å². The first-order valence-electron chi connectivity index (χ1n) is 7.76.